The molecule has 1 unspecified atom stereocenters. The lowest BCUT2D eigenvalue weighted by Crippen LogP contribution is -2.39. The fourth-order valence-corrected chi connectivity index (χ4v) is 5.56. The molecule has 1 aromatic heterocycles. The molecule has 1 saturated heterocycles. The number of benzene rings is 2. The molecule has 1 fully saturated rings. The van der Waals surface area contributed by atoms with Crippen molar-refractivity contribution in [1.82, 2.24) is 14.5 Å². The van der Waals surface area contributed by atoms with Gasteiger partial charge in [0.2, 0.25) is 28.6 Å². The second kappa shape index (κ2) is 7.86. The van der Waals surface area contributed by atoms with Crippen molar-refractivity contribution in [3.8, 4) is 28.7 Å². The van der Waals surface area contributed by atoms with Gasteiger partial charge in [-0.05, 0) is 43.2 Å². The van der Waals surface area contributed by atoms with Crippen molar-refractivity contribution >= 4 is 10.0 Å². The number of ether oxygens (including phenoxy) is 3. The number of hydrogen-bond donors (Lipinski definition) is 0. The number of nitrogens with zero attached hydrogens (tertiary/aromatic N) is 3. The van der Waals surface area contributed by atoms with E-state index in [0.717, 1.165) is 12.0 Å². The van der Waals surface area contributed by atoms with Crippen molar-refractivity contribution < 1.29 is 27.0 Å². The zero-order chi connectivity index (χ0) is 21.4. The molecule has 2 aromatic carbocycles. The first-order valence-corrected chi connectivity index (χ1v) is 11.4. The van der Waals surface area contributed by atoms with Crippen LogP contribution in [0.2, 0.25) is 0 Å². The highest BCUT2D eigenvalue weighted by molar-refractivity contribution is 7.89. The van der Waals surface area contributed by atoms with Gasteiger partial charge < -0.3 is 18.6 Å². The molecule has 5 rings (SSSR count). The van der Waals surface area contributed by atoms with Crippen molar-refractivity contribution in [3.63, 3.8) is 0 Å². The van der Waals surface area contributed by atoms with Gasteiger partial charge in [0.25, 0.3) is 0 Å². The van der Waals surface area contributed by atoms with Gasteiger partial charge in [-0.1, -0.05) is 12.1 Å². The van der Waals surface area contributed by atoms with Gasteiger partial charge in [0.15, 0.2) is 11.5 Å². The summed E-state index contributed by atoms with van der Waals surface area (Å²) in [7, 11) is -2.25. The molecule has 0 N–H and O–H groups in total. The van der Waals surface area contributed by atoms with E-state index >= 15 is 0 Å². The van der Waals surface area contributed by atoms with E-state index in [2.05, 4.69) is 10.2 Å². The normalized spacial score (nSPS) is 18.8. The fraction of sp³-hybridized carbons (Fsp3) is 0.333. The number of methoxy groups -OCH3 is 1. The van der Waals surface area contributed by atoms with Crippen LogP contribution in [0.4, 0.5) is 0 Å². The smallest absolute Gasteiger partial charge is 0.247 e. The maximum Gasteiger partial charge on any atom is 0.247 e. The van der Waals surface area contributed by atoms with E-state index in [1.165, 1.54) is 11.4 Å². The van der Waals surface area contributed by atoms with E-state index in [4.69, 9.17) is 18.6 Å². The summed E-state index contributed by atoms with van der Waals surface area (Å²) in [5.74, 6) is 2.23. The summed E-state index contributed by atoms with van der Waals surface area (Å²) in [6, 6.07) is 12.0. The van der Waals surface area contributed by atoms with Crippen molar-refractivity contribution in [2.75, 3.05) is 27.0 Å². The standard InChI is InChI=1S/C21H21N3O6S/c1-27-17-6-2-3-7-19(17)31(25,26)24-10-4-5-15(12-24)21-23-22-20(30-21)14-8-9-16-18(11-14)29-13-28-16/h2-3,6-9,11,15H,4-5,10,12-13H2,1H3. The first-order valence-electron chi connectivity index (χ1n) is 9.93. The molecule has 31 heavy (non-hydrogen) atoms. The predicted octanol–water partition coefficient (Wildman–Crippen LogP) is 3.04. The molecular weight excluding hydrogens is 422 g/mol. The van der Waals surface area contributed by atoms with E-state index in [1.807, 2.05) is 6.07 Å². The van der Waals surface area contributed by atoms with E-state index in [1.54, 1.807) is 36.4 Å². The third-order valence-corrected chi connectivity index (χ3v) is 7.38. The quantitative estimate of drug-likeness (QED) is 0.593. The number of aromatic nitrogens is 2. The highest BCUT2D eigenvalue weighted by atomic mass is 32.2. The van der Waals surface area contributed by atoms with Gasteiger partial charge in [-0.25, -0.2) is 8.42 Å². The molecule has 9 nitrogen and oxygen atoms in total. The van der Waals surface area contributed by atoms with E-state index in [-0.39, 0.29) is 24.2 Å². The molecule has 3 heterocycles. The van der Waals surface area contributed by atoms with Gasteiger partial charge in [-0.15, -0.1) is 10.2 Å². The number of hydrogen-bond acceptors (Lipinski definition) is 8. The van der Waals surface area contributed by atoms with Crippen LogP contribution in [0.5, 0.6) is 17.2 Å². The maximum absolute atomic E-state index is 13.2. The Hall–Kier alpha value is -3.11. The Kier molecular flexibility index (Phi) is 5.03. The van der Waals surface area contributed by atoms with Crippen molar-refractivity contribution in [1.29, 1.82) is 0 Å². The van der Waals surface area contributed by atoms with Crippen LogP contribution in [0, 0.1) is 0 Å². The molecule has 0 saturated carbocycles. The molecule has 0 amide bonds. The Morgan fingerprint density at radius 1 is 1.10 bits per heavy atom. The molecule has 10 heteroatoms. The van der Waals surface area contributed by atoms with Crippen LogP contribution in [0.25, 0.3) is 11.5 Å². The number of piperidine rings is 1. The lowest BCUT2D eigenvalue weighted by Gasteiger charge is -2.30. The molecular formula is C21H21N3O6S. The van der Waals surface area contributed by atoms with Gasteiger partial charge in [-0.2, -0.15) is 4.31 Å². The van der Waals surface area contributed by atoms with Crippen molar-refractivity contribution in [2.45, 2.75) is 23.7 Å². The van der Waals surface area contributed by atoms with Crippen molar-refractivity contribution in [2.24, 2.45) is 0 Å². The molecule has 0 spiro atoms. The largest absolute Gasteiger partial charge is 0.495 e. The van der Waals surface area contributed by atoms with E-state index < -0.39 is 10.0 Å². The molecule has 1 atom stereocenters. The Labute approximate surface area is 179 Å². The topological polar surface area (TPSA) is 104 Å². The molecule has 0 aliphatic carbocycles. The average Bonchev–Trinajstić information content (AvgIpc) is 3.48. The van der Waals surface area contributed by atoms with Crippen LogP contribution in [0.3, 0.4) is 0 Å². The van der Waals surface area contributed by atoms with Crippen molar-refractivity contribution in [3.05, 3.63) is 48.4 Å². The van der Waals surface area contributed by atoms with Gasteiger partial charge in [0, 0.05) is 18.7 Å². The van der Waals surface area contributed by atoms with Crippen LogP contribution < -0.4 is 14.2 Å². The highest BCUT2D eigenvalue weighted by Gasteiger charge is 2.34. The minimum Gasteiger partial charge on any atom is -0.495 e. The summed E-state index contributed by atoms with van der Waals surface area (Å²) in [4.78, 5) is 0.157. The number of rotatable bonds is 5. The van der Waals surface area contributed by atoms with E-state index in [9.17, 15) is 8.42 Å². The zero-order valence-corrected chi connectivity index (χ0v) is 17.7. The third-order valence-electron chi connectivity index (χ3n) is 5.48. The minimum absolute atomic E-state index is 0.157. The second-order valence-electron chi connectivity index (χ2n) is 7.37. The predicted molar refractivity (Wildman–Crippen MR) is 110 cm³/mol. The van der Waals surface area contributed by atoms with Crippen LogP contribution >= 0.6 is 0 Å². The lowest BCUT2D eigenvalue weighted by molar-refractivity contribution is 0.174. The van der Waals surface area contributed by atoms with Crippen LogP contribution in [0.1, 0.15) is 24.7 Å². The highest BCUT2D eigenvalue weighted by Crippen LogP contribution is 2.37. The fourth-order valence-electron chi connectivity index (χ4n) is 3.88. The zero-order valence-electron chi connectivity index (χ0n) is 16.9. The second-order valence-corrected chi connectivity index (χ2v) is 9.27. The summed E-state index contributed by atoms with van der Waals surface area (Å²) in [6.07, 6.45) is 1.46. The first-order chi connectivity index (χ1) is 15.1. The van der Waals surface area contributed by atoms with Gasteiger partial charge in [-0.3, -0.25) is 0 Å². The molecule has 0 radical (unpaired) electrons. The van der Waals surface area contributed by atoms with Gasteiger partial charge >= 0.3 is 0 Å². The number of sulfonamides is 1. The Morgan fingerprint density at radius 2 is 1.94 bits per heavy atom. The average molecular weight is 443 g/mol. The SMILES string of the molecule is COc1ccccc1S(=O)(=O)N1CCCC(c2nnc(-c3ccc4c(c3)OCO4)o2)C1. The summed E-state index contributed by atoms with van der Waals surface area (Å²) in [6.45, 7) is 0.885. The van der Waals surface area contributed by atoms with Crippen LogP contribution in [-0.4, -0.2) is 49.9 Å². The molecule has 3 aromatic rings. The number of para-hydroxylation sites is 1. The number of fused-ring (bicyclic) bond motifs is 1. The Bertz CT molecular complexity index is 1210. The first kappa shape index (κ1) is 19.8. The molecule has 2 aliphatic rings. The van der Waals surface area contributed by atoms with Gasteiger partial charge in [0.05, 0.1) is 13.0 Å². The lowest BCUT2D eigenvalue weighted by atomic mass is 10.00. The molecule has 2 aliphatic heterocycles. The van der Waals surface area contributed by atoms with Gasteiger partial charge in [0.1, 0.15) is 10.6 Å². The maximum atomic E-state index is 13.2. The Balaban J connectivity index is 1.38. The minimum atomic E-state index is -3.71. The van der Waals surface area contributed by atoms with E-state index in [0.29, 0.717) is 42.0 Å². The summed E-state index contributed by atoms with van der Waals surface area (Å²) in [5.41, 5.74) is 0.720. The van der Waals surface area contributed by atoms with Crippen LogP contribution in [0.15, 0.2) is 51.8 Å². The molecule has 0 bridgehead atoms. The summed E-state index contributed by atoms with van der Waals surface area (Å²) >= 11 is 0. The molecule has 162 valence electrons. The van der Waals surface area contributed by atoms with Crippen LogP contribution in [-0.2, 0) is 10.0 Å². The summed E-state index contributed by atoms with van der Waals surface area (Å²) < 4.78 is 49.8. The third kappa shape index (κ3) is 3.61. The Morgan fingerprint density at radius 3 is 2.81 bits per heavy atom. The summed E-state index contributed by atoms with van der Waals surface area (Å²) in [5, 5.41) is 8.36. The monoisotopic (exact) mass is 443 g/mol.